The lowest BCUT2D eigenvalue weighted by atomic mass is 10.1. The summed E-state index contributed by atoms with van der Waals surface area (Å²) in [5, 5.41) is 11.9. The Morgan fingerprint density at radius 2 is 1.77 bits per heavy atom. The maximum atomic E-state index is 12.8. The van der Waals surface area contributed by atoms with Gasteiger partial charge in [0.15, 0.2) is 0 Å². The highest BCUT2D eigenvalue weighted by atomic mass is 32.2. The minimum absolute atomic E-state index is 0.178. The first kappa shape index (κ1) is 23.6. The van der Waals surface area contributed by atoms with Crippen LogP contribution in [0.4, 0.5) is 18.2 Å². The molecule has 1 aromatic heterocycles. The van der Waals surface area contributed by atoms with Crippen LogP contribution < -0.4 is 15.8 Å². The first-order chi connectivity index (χ1) is 13.7. The second-order valence-electron chi connectivity index (χ2n) is 6.37. The number of amides is 2. The molecule has 0 saturated heterocycles. The maximum absolute atomic E-state index is 12.8. The average molecular weight is 466 g/mol. The molecule has 0 saturated carbocycles. The number of rotatable bonds is 7. The summed E-state index contributed by atoms with van der Waals surface area (Å²) in [5.74, 6) is -2.92. The van der Waals surface area contributed by atoms with E-state index in [0.717, 1.165) is 30.3 Å². The van der Waals surface area contributed by atoms with Gasteiger partial charge in [-0.05, 0) is 36.2 Å². The summed E-state index contributed by atoms with van der Waals surface area (Å²) in [5.41, 5.74) is 4.94. The van der Waals surface area contributed by atoms with Gasteiger partial charge >= 0.3 is 6.36 Å². The second kappa shape index (κ2) is 8.62. The van der Waals surface area contributed by atoms with Gasteiger partial charge in [0.2, 0.25) is 9.84 Å². The molecule has 4 N–H and O–H groups in total. The van der Waals surface area contributed by atoms with E-state index in [4.69, 9.17) is 5.73 Å². The largest absolute Gasteiger partial charge is 0.573 e. The lowest BCUT2D eigenvalue weighted by Gasteiger charge is -2.13. The first-order valence-corrected chi connectivity index (χ1v) is 10.6. The highest BCUT2D eigenvalue weighted by Crippen LogP contribution is 2.35. The molecule has 1 heterocycles. The number of aliphatic hydroxyl groups is 1. The van der Waals surface area contributed by atoms with E-state index in [9.17, 15) is 36.3 Å². The highest BCUT2D eigenvalue weighted by Gasteiger charge is 2.32. The molecule has 30 heavy (non-hydrogen) atoms. The van der Waals surface area contributed by atoms with E-state index in [1.807, 2.05) is 0 Å². The SMILES string of the molecule is CC(C)C(O)C(=O)Nc1sc(S(=O)(=O)c2ccc(OC(F)(F)F)cc2)cc1C(N)=O. The number of carbonyl (C=O) groups excluding carboxylic acids is 2. The van der Waals surface area contributed by atoms with Gasteiger partial charge in [-0.3, -0.25) is 9.59 Å². The number of ether oxygens (including phenoxy) is 1. The Labute approximate surface area is 173 Å². The molecule has 0 fully saturated rings. The Hall–Kier alpha value is -2.64. The Bertz CT molecular complexity index is 1050. The van der Waals surface area contributed by atoms with Crippen LogP contribution in [0.5, 0.6) is 5.75 Å². The van der Waals surface area contributed by atoms with Crippen molar-refractivity contribution < 1.29 is 41.0 Å². The van der Waals surface area contributed by atoms with Crippen LogP contribution in [-0.2, 0) is 14.6 Å². The molecule has 2 amide bonds. The number of primary amides is 1. The molecule has 164 valence electrons. The molecule has 2 aromatic rings. The van der Waals surface area contributed by atoms with Crippen molar-refractivity contribution in [2.75, 3.05) is 5.32 Å². The Kier molecular flexibility index (Phi) is 6.79. The fourth-order valence-electron chi connectivity index (χ4n) is 2.20. The number of nitrogens with two attached hydrogens (primary N) is 1. The Balaban J connectivity index is 2.38. The minimum atomic E-state index is -4.93. The first-order valence-electron chi connectivity index (χ1n) is 8.26. The summed E-state index contributed by atoms with van der Waals surface area (Å²) in [6.45, 7) is 3.16. The number of aliphatic hydroxyl groups excluding tert-OH is 1. The highest BCUT2D eigenvalue weighted by molar-refractivity contribution is 7.93. The number of hydrogen-bond donors (Lipinski definition) is 3. The van der Waals surface area contributed by atoms with Crippen LogP contribution in [0.1, 0.15) is 24.2 Å². The Morgan fingerprint density at radius 3 is 2.23 bits per heavy atom. The maximum Gasteiger partial charge on any atom is 0.573 e. The number of anilines is 1. The zero-order valence-corrected chi connectivity index (χ0v) is 17.2. The molecule has 1 atom stereocenters. The molecular formula is C17H17F3N2O6S2. The molecule has 0 aliphatic heterocycles. The standard InChI is InChI=1S/C17H17F3N2O6S2/c1-8(2)13(23)15(25)22-16-11(14(21)24)7-12(29-16)30(26,27)10-5-3-9(4-6-10)28-17(18,19)20/h3-8,13,23H,1-2H3,(H2,21,24)(H,22,25). The van der Waals surface area contributed by atoms with Gasteiger partial charge in [-0.1, -0.05) is 13.8 Å². The summed E-state index contributed by atoms with van der Waals surface area (Å²) in [6, 6.07) is 4.40. The van der Waals surface area contributed by atoms with Gasteiger partial charge in [-0.2, -0.15) is 0 Å². The molecule has 0 radical (unpaired) electrons. The van der Waals surface area contributed by atoms with Gasteiger partial charge in [0, 0.05) is 0 Å². The summed E-state index contributed by atoms with van der Waals surface area (Å²) >= 11 is 0.518. The second-order valence-corrected chi connectivity index (χ2v) is 9.60. The van der Waals surface area contributed by atoms with Crippen molar-refractivity contribution >= 4 is 38.0 Å². The van der Waals surface area contributed by atoms with Gasteiger partial charge in [0.05, 0.1) is 10.5 Å². The fraction of sp³-hybridized carbons (Fsp3) is 0.294. The van der Waals surface area contributed by atoms with Crippen LogP contribution in [-0.4, -0.2) is 37.8 Å². The van der Waals surface area contributed by atoms with Crippen LogP contribution in [0.2, 0.25) is 0 Å². The molecule has 0 bridgehead atoms. The van der Waals surface area contributed by atoms with Crippen molar-refractivity contribution in [3.63, 3.8) is 0 Å². The van der Waals surface area contributed by atoms with Crippen LogP contribution in [0, 0.1) is 5.92 Å². The van der Waals surface area contributed by atoms with Crippen molar-refractivity contribution in [1.29, 1.82) is 0 Å². The van der Waals surface area contributed by atoms with Gasteiger partial charge in [0.1, 0.15) is 21.1 Å². The number of nitrogens with one attached hydrogen (secondary N) is 1. The van der Waals surface area contributed by atoms with Crippen molar-refractivity contribution in [2.45, 2.75) is 35.4 Å². The van der Waals surface area contributed by atoms with E-state index in [1.54, 1.807) is 13.8 Å². The van der Waals surface area contributed by atoms with Crippen molar-refractivity contribution in [3.8, 4) is 5.75 Å². The number of halogens is 3. The zero-order chi connectivity index (χ0) is 22.9. The summed E-state index contributed by atoms with van der Waals surface area (Å²) in [4.78, 5) is 23.3. The number of alkyl halides is 3. The smallest absolute Gasteiger partial charge is 0.406 e. The third-order valence-corrected chi connectivity index (χ3v) is 7.04. The predicted octanol–water partition coefficient (Wildman–Crippen LogP) is 2.53. The van der Waals surface area contributed by atoms with E-state index in [0.29, 0.717) is 11.3 Å². The predicted molar refractivity (Wildman–Crippen MR) is 101 cm³/mol. The normalized spacial score (nSPS) is 13.2. The summed E-state index contributed by atoms with van der Waals surface area (Å²) in [6.07, 6.45) is -6.34. The van der Waals surface area contributed by atoms with E-state index in [1.165, 1.54) is 0 Å². The number of thiophene rings is 1. The lowest BCUT2D eigenvalue weighted by Crippen LogP contribution is -2.32. The van der Waals surface area contributed by atoms with Crippen LogP contribution in [0.3, 0.4) is 0 Å². The van der Waals surface area contributed by atoms with Crippen molar-refractivity contribution in [1.82, 2.24) is 0 Å². The molecule has 13 heteroatoms. The van der Waals surface area contributed by atoms with Gasteiger partial charge in [-0.25, -0.2) is 8.42 Å². The molecule has 0 spiro atoms. The number of sulfone groups is 1. The summed E-state index contributed by atoms with van der Waals surface area (Å²) < 4.78 is 65.6. The monoisotopic (exact) mass is 466 g/mol. The molecule has 0 aliphatic carbocycles. The van der Waals surface area contributed by atoms with Gasteiger partial charge < -0.3 is 20.9 Å². The van der Waals surface area contributed by atoms with Crippen LogP contribution in [0.15, 0.2) is 39.4 Å². The number of carbonyl (C=O) groups is 2. The number of benzene rings is 1. The molecule has 2 rings (SSSR count). The Morgan fingerprint density at radius 1 is 1.20 bits per heavy atom. The molecular weight excluding hydrogens is 449 g/mol. The summed E-state index contributed by atoms with van der Waals surface area (Å²) in [7, 11) is -4.25. The topological polar surface area (TPSA) is 136 Å². The molecule has 1 aromatic carbocycles. The fourth-order valence-corrected chi connectivity index (χ4v) is 4.98. The van der Waals surface area contributed by atoms with Gasteiger partial charge in [0.25, 0.3) is 11.8 Å². The number of hydrogen-bond acceptors (Lipinski definition) is 7. The van der Waals surface area contributed by atoms with Crippen molar-refractivity contribution in [3.05, 3.63) is 35.9 Å². The zero-order valence-electron chi connectivity index (χ0n) is 15.6. The lowest BCUT2D eigenvalue weighted by molar-refractivity contribution is -0.274. The third kappa shape index (κ3) is 5.49. The van der Waals surface area contributed by atoms with Crippen LogP contribution >= 0.6 is 11.3 Å². The quantitative estimate of drug-likeness (QED) is 0.574. The molecule has 0 aliphatic rings. The van der Waals surface area contributed by atoms with E-state index in [2.05, 4.69) is 10.1 Å². The van der Waals surface area contributed by atoms with E-state index in [-0.39, 0.29) is 19.7 Å². The van der Waals surface area contributed by atoms with E-state index < -0.39 is 45.8 Å². The molecule has 8 nitrogen and oxygen atoms in total. The average Bonchev–Trinajstić information content (AvgIpc) is 3.04. The van der Waals surface area contributed by atoms with E-state index >= 15 is 0 Å². The van der Waals surface area contributed by atoms with Gasteiger partial charge in [-0.15, -0.1) is 24.5 Å². The van der Waals surface area contributed by atoms with Crippen molar-refractivity contribution in [2.24, 2.45) is 11.7 Å². The minimum Gasteiger partial charge on any atom is -0.406 e. The molecule has 1 unspecified atom stereocenters. The van der Waals surface area contributed by atoms with Crippen LogP contribution in [0.25, 0.3) is 0 Å². The third-order valence-electron chi connectivity index (χ3n) is 3.74.